The van der Waals surface area contributed by atoms with Crippen molar-refractivity contribution in [3.05, 3.63) is 36.4 Å². The fourth-order valence-electron chi connectivity index (χ4n) is 4.30. The first-order chi connectivity index (χ1) is 13.0. The van der Waals surface area contributed by atoms with E-state index in [1.165, 1.54) is 0 Å². The number of rotatable bonds is 3. The molecular formula is C19H19N7O. The van der Waals surface area contributed by atoms with Crippen molar-refractivity contribution in [3.63, 3.8) is 0 Å². The molecule has 1 aliphatic carbocycles. The first-order valence-electron chi connectivity index (χ1n) is 9.14. The molecule has 5 rings (SSSR count). The Hall–Kier alpha value is -3.21. The van der Waals surface area contributed by atoms with Crippen LogP contribution in [-0.4, -0.2) is 37.1 Å². The minimum atomic E-state index is -0.893. The number of aryl methyl sites for hydroxylation is 1. The molecule has 0 bridgehead atoms. The van der Waals surface area contributed by atoms with Gasteiger partial charge in [-0.2, -0.15) is 20.6 Å². The van der Waals surface area contributed by atoms with E-state index in [0.717, 1.165) is 35.4 Å². The molecule has 1 saturated heterocycles. The van der Waals surface area contributed by atoms with Crippen LogP contribution >= 0.6 is 0 Å². The maximum absolute atomic E-state index is 13.3. The van der Waals surface area contributed by atoms with Gasteiger partial charge in [0.2, 0.25) is 5.91 Å². The Morgan fingerprint density at radius 1 is 1.33 bits per heavy atom. The van der Waals surface area contributed by atoms with Crippen molar-refractivity contribution in [1.29, 1.82) is 5.26 Å². The van der Waals surface area contributed by atoms with Crippen molar-refractivity contribution in [1.82, 2.24) is 24.6 Å². The maximum Gasteiger partial charge on any atom is 0.248 e. The van der Waals surface area contributed by atoms with Crippen molar-refractivity contribution < 1.29 is 4.79 Å². The highest BCUT2D eigenvalue weighted by Gasteiger charge is 2.61. The Kier molecular flexibility index (Phi) is 3.20. The lowest BCUT2D eigenvalue weighted by Gasteiger charge is -2.23. The third-order valence-corrected chi connectivity index (χ3v) is 5.84. The van der Waals surface area contributed by atoms with Gasteiger partial charge in [0, 0.05) is 18.7 Å². The third-order valence-electron chi connectivity index (χ3n) is 5.84. The summed E-state index contributed by atoms with van der Waals surface area (Å²) in [5.74, 6) is 0.107. The fraction of sp³-hybridized carbons (Fsp3) is 0.421. The first-order valence-corrected chi connectivity index (χ1v) is 9.14. The van der Waals surface area contributed by atoms with E-state index < -0.39 is 5.41 Å². The Morgan fingerprint density at radius 3 is 2.81 bits per heavy atom. The lowest BCUT2D eigenvalue weighted by atomic mass is 9.75. The highest BCUT2D eigenvalue weighted by atomic mass is 16.2. The van der Waals surface area contributed by atoms with Crippen molar-refractivity contribution in [2.24, 2.45) is 17.3 Å². The van der Waals surface area contributed by atoms with Gasteiger partial charge in [-0.3, -0.25) is 4.79 Å². The number of carbonyl (C=O) groups is 1. The molecule has 8 heteroatoms. The second-order valence-electron chi connectivity index (χ2n) is 7.59. The smallest absolute Gasteiger partial charge is 0.248 e. The number of aromatic nitrogens is 5. The van der Waals surface area contributed by atoms with Gasteiger partial charge in [0.15, 0.2) is 0 Å². The number of anilines is 1. The van der Waals surface area contributed by atoms with E-state index in [9.17, 15) is 10.1 Å². The summed E-state index contributed by atoms with van der Waals surface area (Å²) in [5, 5.41) is 22.8. The summed E-state index contributed by atoms with van der Waals surface area (Å²) in [6.07, 6.45) is 7.13. The molecule has 4 heterocycles. The van der Waals surface area contributed by atoms with E-state index in [-0.39, 0.29) is 17.7 Å². The average molecular weight is 361 g/mol. The van der Waals surface area contributed by atoms with Crippen LogP contribution in [0.1, 0.15) is 25.5 Å². The van der Waals surface area contributed by atoms with Crippen LogP contribution in [0.3, 0.4) is 0 Å². The zero-order chi connectivity index (χ0) is 18.8. The lowest BCUT2D eigenvalue weighted by Crippen LogP contribution is -2.37. The van der Waals surface area contributed by atoms with E-state index >= 15 is 0 Å². The van der Waals surface area contributed by atoms with E-state index in [2.05, 4.69) is 21.4 Å². The molecule has 1 amide bonds. The molecule has 3 aromatic heterocycles. The molecule has 2 fully saturated rings. The summed E-state index contributed by atoms with van der Waals surface area (Å²) in [7, 11) is 0. The molecule has 1 saturated carbocycles. The number of fused-ring (bicyclic) bond motifs is 1. The highest BCUT2D eigenvalue weighted by Crippen LogP contribution is 2.54. The van der Waals surface area contributed by atoms with E-state index in [4.69, 9.17) is 0 Å². The van der Waals surface area contributed by atoms with Gasteiger partial charge in [-0.15, -0.1) is 4.80 Å². The van der Waals surface area contributed by atoms with Crippen molar-refractivity contribution >= 4 is 17.1 Å². The predicted octanol–water partition coefficient (Wildman–Crippen LogP) is 2.13. The molecule has 3 aromatic rings. The van der Waals surface area contributed by atoms with Gasteiger partial charge in [-0.05, 0) is 37.8 Å². The van der Waals surface area contributed by atoms with Gasteiger partial charge in [0.1, 0.15) is 11.1 Å². The molecule has 2 aliphatic rings. The Bertz CT molecular complexity index is 1100. The van der Waals surface area contributed by atoms with Crippen LogP contribution in [0.5, 0.6) is 0 Å². The standard InChI is InChI=1S/C19H19N7O/c1-12-9-24(18(27)19(12,11-20)14-3-4-14)16-5-6-21-25-10-15(7-17(16)25)26-22-8-13(2)23-26/h5-8,10,12,14H,3-4,9H2,1-2H3/t12-,19+/m1/s1. The summed E-state index contributed by atoms with van der Waals surface area (Å²) < 4.78 is 1.73. The molecular weight excluding hydrogens is 342 g/mol. The zero-order valence-corrected chi connectivity index (χ0v) is 15.2. The zero-order valence-electron chi connectivity index (χ0n) is 15.2. The number of hydrogen-bond donors (Lipinski definition) is 0. The van der Waals surface area contributed by atoms with Gasteiger partial charge in [-0.1, -0.05) is 6.92 Å². The normalized spacial score (nSPS) is 25.3. The van der Waals surface area contributed by atoms with Gasteiger partial charge in [-0.25, -0.2) is 4.52 Å². The number of nitrogens with zero attached hydrogens (tertiary/aromatic N) is 7. The summed E-state index contributed by atoms with van der Waals surface area (Å²) >= 11 is 0. The molecule has 0 N–H and O–H groups in total. The number of carbonyl (C=O) groups excluding carboxylic acids is 1. The van der Waals surface area contributed by atoms with Crippen LogP contribution in [0, 0.1) is 35.5 Å². The average Bonchev–Trinajstić information content (AvgIpc) is 3.16. The Morgan fingerprint density at radius 2 is 2.15 bits per heavy atom. The Labute approximate surface area is 156 Å². The summed E-state index contributed by atoms with van der Waals surface area (Å²) in [6, 6.07) is 6.14. The molecule has 8 nitrogen and oxygen atoms in total. The highest BCUT2D eigenvalue weighted by molar-refractivity contribution is 6.05. The molecule has 0 unspecified atom stereocenters. The molecule has 2 atom stereocenters. The second kappa shape index (κ2) is 5.39. The summed E-state index contributed by atoms with van der Waals surface area (Å²) in [6.45, 7) is 4.44. The molecule has 1 aliphatic heterocycles. The molecule has 0 radical (unpaired) electrons. The fourth-order valence-corrected chi connectivity index (χ4v) is 4.30. The van der Waals surface area contributed by atoms with Gasteiger partial charge in [0.25, 0.3) is 0 Å². The minimum absolute atomic E-state index is 0.000537. The van der Waals surface area contributed by atoms with Gasteiger partial charge < -0.3 is 4.90 Å². The summed E-state index contributed by atoms with van der Waals surface area (Å²) in [5.41, 5.74) is 2.28. The molecule has 0 aromatic carbocycles. The third kappa shape index (κ3) is 2.14. The first kappa shape index (κ1) is 16.0. The topological polar surface area (TPSA) is 92.1 Å². The lowest BCUT2D eigenvalue weighted by molar-refractivity contribution is -0.124. The van der Waals surface area contributed by atoms with Crippen molar-refractivity contribution in [3.8, 4) is 11.8 Å². The van der Waals surface area contributed by atoms with Crippen LogP contribution in [0.4, 0.5) is 5.69 Å². The van der Waals surface area contributed by atoms with Crippen LogP contribution < -0.4 is 4.90 Å². The molecule has 136 valence electrons. The van der Waals surface area contributed by atoms with Crippen LogP contribution in [0.25, 0.3) is 11.2 Å². The van der Waals surface area contributed by atoms with Crippen molar-refractivity contribution in [2.75, 3.05) is 11.4 Å². The maximum atomic E-state index is 13.3. The largest absolute Gasteiger partial charge is 0.309 e. The Balaban J connectivity index is 1.60. The van der Waals surface area contributed by atoms with Crippen LogP contribution in [0.2, 0.25) is 0 Å². The van der Waals surface area contributed by atoms with Crippen LogP contribution in [0.15, 0.2) is 30.7 Å². The van der Waals surface area contributed by atoms with Gasteiger partial charge in [0.05, 0.1) is 35.4 Å². The van der Waals surface area contributed by atoms with Crippen LogP contribution in [-0.2, 0) is 4.79 Å². The summed E-state index contributed by atoms with van der Waals surface area (Å²) in [4.78, 5) is 16.6. The van der Waals surface area contributed by atoms with E-state index in [1.807, 2.05) is 32.2 Å². The second-order valence-corrected chi connectivity index (χ2v) is 7.59. The van der Waals surface area contributed by atoms with E-state index in [1.54, 1.807) is 26.6 Å². The monoisotopic (exact) mass is 361 g/mol. The number of amides is 1. The van der Waals surface area contributed by atoms with Crippen molar-refractivity contribution in [2.45, 2.75) is 26.7 Å². The molecule has 0 spiro atoms. The number of nitriles is 1. The quantitative estimate of drug-likeness (QED) is 0.712. The number of hydrogen-bond acceptors (Lipinski definition) is 5. The van der Waals surface area contributed by atoms with E-state index in [0.29, 0.717) is 6.54 Å². The SMILES string of the molecule is Cc1cnn(-c2cc3c(N4C[C@@H](C)[C@@](C#N)(C5CC5)C4=O)ccnn3c2)n1. The minimum Gasteiger partial charge on any atom is -0.309 e. The molecule has 27 heavy (non-hydrogen) atoms. The van der Waals surface area contributed by atoms with Gasteiger partial charge >= 0.3 is 0 Å². The predicted molar refractivity (Wildman–Crippen MR) is 97.1 cm³/mol.